The van der Waals surface area contributed by atoms with Crippen LogP contribution in [0.2, 0.25) is 0 Å². The molecule has 1 atom stereocenters. The van der Waals surface area contributed by atoms with Crippen LogP contribution in [0.4, 0.5) is 0 Å². The Morgan fingerprint density at radius 3 is 2.19 bits per heavy atom. The predicted molar refractivity (Wildman–Crippen MR) is 74.2 cm³/mol. The second-order valence-electron chi connectivity index (χ2n) is 5.21. The zero-order valence-electron chi connectivity index (χ0n) is 12.7. The van der Waals surface area contributed by atoms with Crippen LogP contribution in [-0.4, -0.2) is 49.2 Å². The summed E-state index contributed by atoms with van der Waals surface area (Å²) >= 11 is 0. The maximum absolute atomic E-state index is 11.2. The van der Waals surface area contributed by atoms with E-state index in [-0.39, 0.29) is 22.9 Å². The van der Waals surface area contributed by atoms with Crippen LogP contribution in [0, 0.1) is 0 Å². The zero-order chi connectivity index (χ0) is 16.2. The molecule has 0 aromatic heterocycles. The standard InChI is InChI=1S/C13H19BO7/c1-13(2,3)20-12-10(18-4)6-9(21-14(16)17)8(7-15)11(12)19-5/h6,9,16-17H,1-5H3. The summed E-state index contributed by atoms with van der Waals surface area (Å²) in [6, 6.07) is 0. The van der Waals surface area contributed by atoms with E-state index in [0.29, 0.717) is 0 Å². The summed E-state index contributed by atoms with van der Waals surface area (Å²) in [6.07, 6.45) is 0.309. The molecule has 0 radical (unpaired) electrons. The zero-order valence-corrected chi connectivity index (χ0v) is 12.7. The van der Waals surface area contributed by atoms with Gasteiger partial charge in [0.1, 0.15) is 23.2 Å². The summed E-state index contributed by atoms with van der Waals surface area (Å²) in [5.41, 5.74) is -0.611. The van der Waals surface area contributed by atoms with E-state index in [4.69, 9.17) is 28.9 Å². The van der Waals surface area contributed by atoms with Crippen LogP contribution in [-0.2, 0) is 23.7 Å². The van der Waals surface area contributed by atoms with Gasteiger partial charge in [0.25, 0.3) is 0 Å². The van der Waals surface area contributed by atoms with Crippen molar-refractivity contribution in [1.29, 1.82) is 0 Å². The van der Waals surface area contributed by atoms with Crippen molar-refractivity contribution in [2.45, 2.75) is 32.5 Å². The highest BCUT2D eigenvalue weighted by Crippen LogP contribution is 2.34. The van der Waals surface area contributed by atoms with E-state index >= 15 is 0 Å². The van der Waals surface area contributed by atoms with Gasteiger partial charge in [-0.25, -0.2) is 4.79 Å². The smallest absolute Gasteiger partial charge is 0.493 e. The molecule has 0 aromatic rings. The molecule has 0 bridgehead atoms. The van der Waals surface area contributed by atoms with Crippen molar-refractivity contribution in [3.05, 3.63) is 28.9 Å². The van der Waals surface area contributed by atoms with Crippen LogP contribution in [0.25, 0.3) is 0 Å². The molecule has 0 saturated heterocycles. The summed E-state index contributed by atoms with van der Waals surface area (Å²) in [4.78, 5) is 11.2. The lowest BCUT2D eigenvalue weighted by molar-refractivity contribution is 0.0294. The molecule has 21 heavy (non-hydrogen) atoms. The SMILES string of the molecule is COC1=CC(OB(O)O)C(=C=O)C(OC)=C1OC(C)(C)C. The summed E-state index contributed by atoms with van der Waals surface area (Å²) in [6.45, 7) is 5.47. The van der Waals surface area contributed by atoms with E-state index in [0.717, 1.165) is 0 Å². The van der Waals surface area contributed by atoms with E-state index < -0.39 is 19.0 Å². The summed E-state index contributed by atoms with van der Waals surface area (Å²) in [5.74, 6) is 2.23. The van der Waals surface area contributed by atoms with E-state index in [1.165, 1.54) is 20.3 Å². The lowest BCUT2D eigenvalue weighted by atomic mass is 9.99. The Kier molecular flexibility index (Phi) is 5.63. The molecule has 0 spiro atoms. The van der Waals surface area contributed by atoms with Gasteiger partial charge in [0.15, 0.2) is 11.5 Å². The Labute approximate surface area is 123 Å². The van der Waals surface area contributed by atoms with Crippen LogP contribution in [0.3, 0.4) is 0 Å². The highest BCUT2D eigenvalue weighted by molar-refractivity contribution is 6.32. The fourth-order valence-corrected chi connectivity index (χ4v) is 1.77. The number of ether oxygens (including phenoxy) is 3. The van der Waals surface area contributed by atoms with Gasteiger partial charge in [-0.2, -0.15) is 0 Å². The third kappa shape index (κ3) is 4.37. The monoisotopic (exact) mass is 298 g/mol. The average molecular weight is 298 g/mol. The number of hydrogen-bond acceptors (Lipinski definition) is 7. The quantitative estimate of drug-likeness (QED) is 0.557. The van der Waals surface area contributed by atoms with Crippen molar-refractivity contribution in [1.82, 2.24) is 0 Å². The fraction of sp³-hybridized carbons (Fsp3) is 0.538. The van der Waals surface area contributed by atoms with Gasteiger partial charge in [0.2, 0.25) is 5.76 Å². The van der Waals surface area contributed by atoms with Crippen molar-refractivity contribution in [2.24, 2.45) is 0 Å². The molecular formula is C13H19BO7. The maximum Gasteiger partial charge on any atom is 0.634 e. The van der Waals surface area contributed by atoms with Crippen molar-refractivity contribution in [3.63, 3.8) is 0 Å². The molecule has 1 unspecified atom stereocenters. The molecule has 116 valence electrons. The van der Waals surface area contributed by atoms with Gasteiger partial charge in [0.05, 0.1) is 14.2 Å². The van der Waals surface area contributed by atoms with Crippen LogP contribution in [0.15, 0.2) is 28.9 Å². The van der Waals surface area contributed by atoms with Gasteiger partial charge in [0, 0.05) is 0 Å². The molecule has 2 N–H and O–H groups in total. The first-order chi connectivity index (χ1) is 9.73. The van der Waals surface area contributed by atoms with Crippen LogP contribution in [0.1, 0.15) is 20.8 Å². The van der Waals surface area contributed by atoms with Gasteiger partial charge in [-0.1, -0.05) is 0 Å². The first-order valence-corrected chi connectivity index (χ1v) is 6.24. The van der Waals surface area contributed by atoms with Crippen molar-refractivity contribution < 1.29 is 33.7 Å². The first kappa shape index (κ1) is 17.3. The van der Waals surface area contributed by atoms with Crippen molar-refractivity contribution >= 4 is 13.3 Å². The average Bonchev–Trinajstić information content (AvgIpc) is 2.37. The lowest BCUT2D eigenvalue weighted by Crippen LogP contribution is -2.32. The molecule has 0 saturated carbocycles. The normalized spacial score (nSPS) is 18.9. The first-order valence-electron chi connectivity index (χ1n) is 6.24. The second kappa shape index (κ2) is 6.82. The third-order valence-corrected chi connectivity index (χ3v) is 2.47. The molecule has 0 aliphatic heterocycles. The van der Waals surface area contributed by atoms with Gasteiger partial charge >= 0.3 is 7.32 Å². The highest BCUT2D eigenvalue weighted by Gasteiger charge is 2.35. The minimum atomic E-state index is -2.06. The molecule has 7 nitrogen and oxygen atoms in total. The number of rotatable bonds is 5. The number of methoxy groups -OCH3 is 2. The number of carbonyl (C=O) groups excluding carboxylic acids is 1. The Hall–Kier alpha value is -1.73. The van der Waals surface area contributed by atoms with Gasteiger partial charge in [-0.3, -0.25) is 0 Å². The minimum Gasteiger partial charge on any atom is -0.493 e. The van der Waals surface area contributed by atoms with E-state index in [2.05, 4.69) is 0 Å². The topological polar surface area (TPSA) is 94.5 Å². The van der Waals surface area contributed by atoms with E-state index in [1.807, 2.05) is 20.8 Å². The Balaban J connectivity index is 3.34. The molecule has 0 heterocycles. The Bertz CT molecular complexity index is 495. The predicted octanol–water partition coefficient (Wildman–Crippen LogP) is 0.316. The molecule has 1 aliphatic rings. The van der Waals surface area contributed by atoms with Crippen LogP contribution in [0.5, 0.6) is 0 Å². The van der Waals surface area contributed by atoms with Crippen molar-refractivity contribution in [2.75, 3.05) is 14.2 Å². The molecule has 1 aliphatic carbocycles. The number of hydrogen-bond donors (Lipinski definition) is 2. The molecule has 0 amide bonds. The van der Waals surface area contributed by atoms with E-state index in [9.17, 15) is 4.79 Å². The van der Waals surface area contributed by atoms with Crippen molar-refractivity contribution in [3.8, 4) is 0 Å². The maximum atomic E-state index is 11.2. The molecular weight excluding hydrogens is 279 g/mol. The molecule has 8 heteroatoms. The highest BCUT2D eigenvalue weighted by atomic mass is 16.6. The van der Waals surface area contributed by atoms with Crippen LogP contribution >= 0.6 is 0 Å². The molecule has 0 fully saturated rings. The summed E-state index contributed by atoms with van der Waals surface area (Å²) in [5, 5.41) is 17.8. The summed E-state index contributed by atoms with van der Waals surface area (Å²) < 4.78 is 21.0. The van der Waals surface area contributed by atoms with Gasteiger partial charge < -0.3 is 28.9 Å². The largest absolute Gasteiger partial charge is 0.634 e. The third-order valence-electron chi connectivity index (χ3n) is 2.47. The van der Waals surface area contributed by atoms with E-state index in [1.54, 1.807) is 5.94 Å². The van der Waals surface area contributed by atoms with Crippen LogP contribution < -0.4 is 0 Å². The minimum absolute atomic E-state index is 0.0503. The van der Waals surface area contributed by atoms with Gasteiger partial charge in [-0.15, -0.1) is 0 Å². The second-order valence-corrected chi connectivity index (χ2v) is 5.21. The Morgan fingerprint density at radius 2 is 1.81 bits per heavy atom. The molecule has 0 aromatic carbocycles. The molecule has 1 rings (SSSR count). The summed E-state index contributed by atoms with van der Waals surface area (Å²) in [7, 11) is 0.701. The van der Waals surface area contributed by atoms with Gasteiger partial charge in [-0.05, 0) is 26.8 Å². The fourth-order valence-electron chi connectivity index (χ4n) is 1.77. The lowest BCUT2D eigenvalue weighted by Gasteiger charge is -2.30. The Morgan fingerprint density at radius 1 is 1.19 bits per heavy atom.